The molecule has 7 nitrogen and oxygen atoms in total. The predicted molar refractivity (Wildman–Crippen MR) is 150 cm³/mol. The Morgan fingerprint density at radius 2 is 1.66 bits per heavy atom. The summed E-state index contributed by atoms with van der Waals surface area (Å²) in [5.41, 5.74) is 6.71. The van der Waals surface area contributed by atoms with Gasteiger partial charge in [0.05, 0.1) is 30.4 Å². The van der Waals surface area contributed by atoms with Crippen molar-refractivity contribution in [1.82, 2.24) is 0 Å². The molecule has 1 aliphatic carbocycles. The Morgan fingerprint density at radius 3 is 2.29 bits per heavy atom. The first-order chi connectivity index (χ1) is 19.8. The number of para-hydroxylation sites is 1. The van der Waals surface area contributed by atoms with Gasteiger partial charge in [-0.3, -0.25) is 14.5 Å². The van der Waals surface area contributed by atoms with Crippen molar-refractivity contribution in [3.63, 3.8) is 0 Å². The highest BCUT2D eigenvalue weighted by molar-refractivity contribution is 7.10. The minimum Gasteiger partial charge on any atom is -0.465 e. The van der Waals surface area contributed by atoms with Gasteiger partial charge in [-0.05, 0) is 49.9 Å². The molecular formula is C31H28F2N2O5S. The van der Waals surface area contributed by atoms with E-state index in [1.54, 1.807) is 32.0 Å². The molecule has 2 heterocycles. The van der Waals surface area contributed by atoms with Crippen LogP contribution in [0.2, 0.25) is 0 Å². The first-order valence-electron chi connectivity index (χ1n) is 13.2. The maximum Gasteiger partial charge on any atom is 0.338 e. The SMILES string of the molecule is CCOC(=O)C1=C(N)N(c2ccccc2F)C2=C(C(=O)C(C(=O)OCC)C(c3cccs3)C2)C1c1ccccc1F. The highest BCUT2D eigenvalue weighted by Gasteiger charge is 2.52. The lowest BCUT2D eigenvalue weighted by atomic mass is 9.68. The molecule has 1 aromatic heterocycles. The molecule has 2 aromatic carbocycles. The van der Waals surface area contributed by atoms with Crippen LogP contribution in [-0.2, 0) is 23.9 Å². The average molecular weight is 579 g/mol. The Balaban J connectivity index is 1.84. The van der Waals surface area contributed by atoms with E-state index in [-0.39, 0.29) is 53.5 Å². The zero-order valence-electron chi connectivity index (χ0n) is 22.4. The molecule has 0 bridgehead atoms. The van der Waals surface area contributed by atoms with Crippen LogP contribution in [0.4, 0.5) is 14.5 Å². The van der Waals surface area contributed by atoms with Crippen molar-refractivity contribution in [3.8, 4) is 0 Å². The molecule has 212 valence electrons. The van der Waals surface area contributed by atoms with Crippen LogP contribution in [0.1, 0.15) is 42.5 Å². The summed E-state index contributed by atoms with van der Waals surface area (Å²) in [5, 5.41) is 1.83. The Labute approximate surface area is 239 Å². The van der Waals surface area contributed by atoms with Crippen LogP contribution >= 0.6 is 11.3 Å². The molecule has 0 saturated heterocycles. The van der Waals surface area contributed by atoms with Crippen LogP contribution in [0.25, 0.3) is 0 Å². The number of carbonyl (C=O) groups excluding carboxylic acids is 3. The Kier molecular flexibility index (Phi) is 8.03. The highest BCUT2D eigenvalue weighted by atomic mass is 32.1. The van der Waals surface area contributed by atoms with Crippen LogP contribution < -0.4 is 10.6 Å². The number of esters is 2. The molecule has 10 heteroatoms. The molecule has 1 aliphatic heterocycles. The second-order valence-electron chi connectivity index (χ2n) is 9.54. The van der Waals surface area contributed by atoms with E-state index in [9.17, 15) is 14.4 Å². The number of benzene rings is 2. The lowest BCUT2D eigenvalue weighted by Gasteiger charge is -2.43. The molecule has 0 amide bonds. The number of ketones is 1. The molecule has 2 aliphatic rings. The highest BCUT2D eigenvalue weighted by Crippen LogP contribution is 2.52. The zero-order valence-corrected chi connectivity index (χ0v) is 23.3. The molecule has 5 rings (SSSR count). The van der Waals surface area contributed by atoms with Crippen molar-refractivity contribution in [2.45, 2.75) is 32.1 Å². The normalized spacial score (nSPS) is 20.6. The maximum atomic E-state index is 15.5. The van der Waals surface area contributed by atoms with Crippen molar-refractivity contribution in [3.05, 3.63) is 111 Å². The van der Waals surface area contributed by atoms with Gasteiger partial charge in [-0.2, -0.15) is 0 Å². The van der Waals surface area contributed by atoms with Gasteiger partial charge in [0.25, 0.3) is 0 Å². The second-order valence-corrected chi connectivity index (χ2v) is 10.5. The number of allylic oxidation sites excluding steroid dienone is 2. The minimum absolute atomic E-state index is 0.00130. The fourth-order valence-electron chi connectivity index (χ4n) is 5.64. The van der Waals surface area contributed by atoms with Gasteiger partial charge in [0.15, 0.2) is 5.78 Å². The fraction of sp³-hybridized carbons (Fsp3) is 0.258. The van der Waals surface area contributed by atoms with Crippen LogP contribution in [0.3, 0.4) is 0 Å². The Hall–Kier alpha value is -4.31. The Bertz CT molecular complexity index is 1570. The number of carbonyl (C=O) groups is 3. The summed E-state index contributed by atoms with van der Waals surface area (Å²) in [6.45, 7) is 3.26. The van der Waals surface area contributed by atoms with Crippen molar-refractivity contribution >= 4 is 34.7 Å². The van der Waals surface area contributed by atoms with E-state index < -0.39 is 47.1 Å². The summed E-state index contributed by atoms with van der Waals surface area (Å²) in [6.07, 6.45) is 0.0706. The van der Waals surface area contributed by atoms with Gasteiger partial charge in [-0.1, -0.05) is 36.4 Å². The smallest absolute Gasteiger partial charge is 0.338 e. The van der Waals surface area contributed by atoms with Gasteiger partial charge < -0.3 is 15.2 Å². The van der Waals surface area contributed by atoms with Crippen molar-refractivity contribution in [1.29, 1.82) is 0 Å². The van der Waals surface area contributed by atoms with Gasteiger partial charge in [-0.15, -0.1) is 11.3 Å². The monoisotopic (exact) mass is 578 g/mol. The second kappa shape index (κ2) is 11.7. The van der Waals surface area contributed by atoms with Gasteiger partial charge in [0, 0.05) is 27.6 Å². The summed E-state index contributed by atoms with van der Waals surface area (Å²) in [5.74, 6) is -7.01. The van der Waals surface area contributed by atoms with E-state index in [0.29, 0.717) is 0 Å². The molecule has 3 unspecified atom stereocenters. The molecule has 0 radical (unpaired) electrons. The Morgan fingerprint density at radius 1 is 0.976 bits per heavy atom. The number of Topliss-reactive ketones (excluding diaryl/α,β-unsaturated/α-hetero) is 1. The van der Waals surface area contributed by atoms with Crippen LogP contribution in [-0.4, -0.2) is 30.9 Å². The number of halogens is 2. The van der Waals surface area contributed by atoms with Crippen molar-refractivity contribution < 1.29 is 32.6 Å². The number of nitrogens with zero attached hydrogens (tertiary/aromatic N) is 1. The van der Waals surface area contributed by atoms with Gasteiger partial charge in [0.1, 0.15) is 23.4 Å². The van der Waals surface area contributed by atoms with Gasteiger partial charge >= 0.3 is 11.9 Å². The number of rotatable bonds is 7. The summed E-state index contributed by atoms with van der Waals surface area (Å²) >= 11 is 1.37. The lowest BCUT2D eigenvalue weighted by molar-refractivity contribution is -0.152. The lowest BCUT2D eigenvalue weighted by Crippen LogP contribution is -2.46. The first-order valence-corrected chi connectivity index (χ1v) is 14.1. The molecule has 0 spiro atoms. The third-order valence-corrected chi connectivity index (χ3v) is 8.30. The van der Waals surface area contributed by atoms with Crippen molar-refractivity contribution in [2.24, 2.45) is 11.7 Å². The summed E-state index contributed by atoms with van der Waals surface area (Å²) < 4.78 is 41.5. The molecule has 41 heavy (non-hydrogen) atoms. The number of ether oxygens (including phenoxy) is 2. The topological polar surface area (TPSA) is 98.9 Å². The molecule has 2 N–H and O–H groups in total. The summed E-state index contributed by atoms with van der Waals surface area (Å²) in [7, 11) is 0. The molecular weight excluding hydrogens is 550 g/mol. The third kappa shape index (κ3) is 4.93. The zero-order chi connectivity index (χ0) is 29.3. The maximum absolute atomic E-state index is 15.5. The van der Waals surface area contributed by atoms with E-state index >= 15 is 8.78 Å². The summed E-state index contributed by atoms with van der Waals surface area (Å²) in [6, 6.07) is 15.2. The largest absolute Gasteiger partial charge is 0.465 e. The minimum atomic E-state index is -1.30. The fourth-order valence-corrected chi connectivity index (χ4v) is 6.50. The molecule has 0 fully saturated rings. The number of thiophene rings is 1. The molecule has 3 aromatic rings. The van der Waals surface area contributed by atoms with E-state index in [0.717, 1.165) is 4.88 Å². The number of hydrogen-bond donors (Lipinski definition) is 1. The van der Waals surface area contributed by atoms with E-state index in [4.69, 9.17) is 15.2 Å². The predicted octanol–water partition coefficient (Wildman–Crippen LogP) is 5.55. The van der Waals surface area contributed by atoms with Crippen LogP contribution in [0.15, 0.2) is 88.7 Å². The van der Waals surface area contributed by atoms with Gasteiger partial charge in [0.2, 0.25) is 0 Å². The number of nitrogens with two attached hydrogens (primary N) is 1. The van der Waals surface area contributed by atoms with Gasteiger partial charge in [-0.25, -0.2) is 13.6 Å². The standard InChI is InChI=1S/C31H28F2N2O5S/c1-3-39-30(37)25-18(23-14-9-15-41-23)16-22-26(28(25)36)24(17-10-5-6-11-19(17)32)27(31(38)40-4-2)29(34)35(22)21-13-8-7-12-20(21)33/h5-15,18,24-25H,3-4,16,34H2,1-2H3. The van der Waals surface area contributed by atoms with E-state index in [1.165, 1.54) is 52.6 Å². The number of anilines is 1. The van der Waals surface area contributed by atoms with E-state index in [2.05, 4.69) is 0 Å². The number of hydrogen-bond acceptors (Lipinski definition) is 8. The van der Waals surface area contributed by atoms with Crippen molar-refractivity contribution in [2.75, 3.05) is 18.1 Å². The van der Waals surface area contributed by atoms with E-state index in [1.807, 2.05) is 11.4 Å². The third-order valence-electron chi connectivity index (χ3n) is 7.29. The molecule has 0 saturated carbocycles. The average Bonchev–Trinajstić information content (AvgIpc) is 3.49. The van der Waals surface area contributed by atoms with Crippen LogP contribution in [0, 0.1) is 17.6 Å². The first kappa shape index (κ1) is 28.2. The quantitative estimate of drug-likeness (QED) is 0.290. The summed E-state index contributed by atoms with van der Waals surface area (Å²) in [4.78, 5) is 43.5. The van der Waals surface area contributed by atoms with Crippen LogP contribution in [0.5, 0.6) is 0 Å². The molecule has 3 atom stereocenters.